The lowest BCUT2D eigenvalue weighted by molar-refractivity contribution is 1.37. The summed E-state index contributed by atoms with van der Waals surface area (Å²) in [4.78, 5) is 0. The van der Waals surface area contributed by atoms with Gasteiger partial charge in [-0.3, -0.25) is 0 Å². The van der Waals surface area contributed by atoms with Gasteiger partial charge < -0.3 is 0 Å². The molecule has 0 aliphatic rings. The van der Waals surface area contributed by atoms with Crippen LogP contribution in [0.4, 0.5) is 0 Å². The van der Waals surface area contributed by atoms with Crippen molar-refractivity contribution in [1.82, 2.24) is 0 Å². The quantitative estimate of drug-likeness (QED) is 0.217. The second-order valence-electron chi connectivity index (χ2n) is 9.31. The zero-order valence-electron chi connectivity index (χ0n) is 18.6. The minimum Gasteiger partial charge on any atom is -0.135 e. The number of aryl methyl sites for hydroxylation is 4. The van der Waals surface area contributed by atoms with Crippen LogP contribution in [0.3, 0.4) is 0 Å². The molecule has 0 N–H and O–H groups in total. The van der Waals surface area contributed by atoms with Gasteiger partial charge in [0.05, 0.1) is 0 Å². The lowest BCUT2D eigenvalue weighted by Crippen LogP contribution is -1.81. The molecule has 0 saturated heterocycles. The highest BCUT2D eigenvalue weighted by atomic mass is 32.1. The summed E-state index contributed by atoms with van der Waals surface area (Å²) in [7, 11) is 0. The van der Waals surface area contributed by atoms with Crippen LogP contribution in [0.15, 0.2) is 60.7 Å². The van der Waals surface area contributed by atoms with Gasteiger partial charge in [-0.25, -0.2) is 0 Å². The Hall–Kier alpha value is -2.94. The summed E-state index contributed by atoms with van der Waals surface area (Å²) in [5, 5.41) is 10.9. The number of fused-ring (bicyclic) bond motifs is 8. The third kappa shape index (κ3) is 2.54. The lowest BCUT2D eigenvalue weighted by atomic mass is 9.99. The van der Waals surface area contributed by atoms with Crippen molar-refractivity contribution >= 4 is 84.6 Å². The maximum absolute atomic E-state index is 2.43. The van der Waals surface area contributed by atoms with Gasteiger partial charge >= 0.3 is 0 Å². The van der Waals surface area contributed by atoms with Gasteiger partial charge in [0, 0.05) is 40.3 Å². The summed E-state index contributed by atoms with van der Waals surface area (Å²) in [6, 6.07) is 23.8. The van der Waals surface area contributed by atoms with Gasteiger partial charge in [-0.1, -0.05) is 24.3 Å². The van der Waals surface area contributed by atoms with E-state index in [1.807, 2.05) is 22.7 Å². The Morgan fingerprint density at radius 2 is 0.625 bits per heavy atom. The first-order chi connectivity index (χ1) is 15.4. The molecule has 0 atom stereocenters. The minimum atomic E-state index is 1.34. The van der Waals surface area contributed by atoms with Crippen molar-refractivity contribution in [3.63, 3.8) is 0 Å². The molecule has 2 aromatic heterocycles. The third-order valence-electron chi connectivity index (χ3n) is 7.20. The van der Waals surface area contributed by atoms with E-state index in [1.54, 1.807) is 0 Å². The van der Waals surface area contributed by atoms with E-state index in [2.05, 4.69) is 88.4 Å². The van der Waals surface area contributed by atoms with Crippen LogP contribution in [0.25, 0.3) is 61.9 Å². The van der Waals surface area contributed by atoms with Crippen LogP contribution in [-0.4, -0.2) is 0 Å². The molecule has 0 nitrogen and oxygen atoms in total. The van der Waals surface area contributed by atoms with Crippen molar-refractivity contribution in [2.45, 2.75) is 27.7 Å². The number of hydrogen-bond acceptors (Lipinski definition) is 2. The highest BCUT2D eigenvalue weighted by molar-refractivity contribution is 7.27. The Morgan fingerprint density at radius 1 is 0.344 bits per heavy atom. The van der Waals surface area contributed by atoms with Crippen molar-refractivity contribution in [2.24, 2.45) is 0 Å². The zero-order chi connectivity index (χ0) is 21.7. The van der Waals surface area contributed by atoms with Crippen LogP contribution in [0.5, 0.6) is 0 Å². The van der Waals surface area contributed by atoms with Crippen molar-refractivity contribution < 1.29 is 0 Å². The molecule has 0 spiro atoms. The van der Waals surface area contributed by atoms with Gasteiger partial charge in [0.25, 0.3) is 0 Å². The van der Waals surface area contributed by atoms with Crippen LogP contribution in [-0.2, 0) is 0 Å². The standard InChI is InChI=1S/C30H22S2/c1-15-5-19-9-23-25-13-30-26(14-29(25)31-27(23)11-21(19)7-17(15)3)24-10-20-6-16(2)18(4)8-22(20)12-28(24)32-30/h5-14H,1-4H3. The van der Waals surface area contributed by atoms with Crippen molar-refractivity contribution in [3.05, 3.63) is 82.9 Å². The molecule has 0 fully saturated rings. The average Bonchev–Trinajstić information content (AvgIpc) is 3.27. The van der Waals surface area contributed by atoms with E-state index in [0.717, 1.165) is 0 Å². The predicted octanol–water partition coefficient (Wildman–Crippen LogP) is 9.96. The molecular formula is C30H22S2. The van der Waals surface area contributed by atoms with Crippen LogP contribution in [0.2, 0.25) is 0 Å². The molecule has 5 aromatic carbocycles. The van der Waals surface area contributed by atoms with E-state index < -0.39 is 0 Å². The van der Waals surface area contributed by atoms with E-state index in [4.69, 9.17) is 0 Å². The fraction of sp³-hybridized carbons (Fsp3) is 0.133. The Morgan fingerprint density at radius 3 is 1.00 bits per heavy atom. The molecule has 0 aliphatic carbocycles. The van der Waals surface area contributed by atoms with Crippen LogP contribution in [0.1, 0.15) is 22.3 Å². The van der Waals surface area contributed by atoms with E-state index in [0.29, 0.717) is 0 Å². The fourth-order valence-corrected chi connectivity index (χ4v) is 7.40. The molecule has 0 aliphatic heterocycles. The van der Waals surface area contributed by atoms with E-state index >= 15 is 0 Å². The molecule has 0 radical (unpaired) electrons. The third-order valence-corrected chi connectivity index (χ3v) is 9.44. The number of rotatable bonds is 0. The van der Waals surface area contributed by atoms with E-state index in [-0.39, 0.29) is 0 Å². The molecule has 0 amide bonds. The molecule has 0 unspecified atom stereocenters. The zero-order valence-corrected chi connectivity index (χ0v) is 20.2. The molecule has 2 heterocycles. The number of thiophene rings is 2. The average molecular weight is 447 g/mol. The van der Waals surface area contributed by atoms with Gasteiger partial charge in [-0.15, -0.1) is 22.7 Å². The molecule has 7 rings (SSSR count). The Bertz CT molecular complexity index is 1770. The van der Waals surface area contributed by atoms with Gasteiger partial charge in [-0.2, -0.15) is 0 Å². The molecule has 154 valence electrons. The van der Waals surface area contributed by atoms with Crippen molar-refractivity contribution in [2.75, 3.05) is 0 Å². The first-order valence-electron chi connectivity index (χ1n) is 11.1. The summed E-state index contributed by atoms with van der Waals surface area (Å²) >= 11 is 3.85. The highest BCUT2D eigenvalue weighted by Gasteiger charge is 2.13. The van der Waals surface area contributed by atoms with Gasteiger partial charge in [0.15, 0.2) is 0 Å². The highest BCUT2D eigenvalue weighted by Crippen LogP contribution is 2.43. The summed E-state index contributed by atoms with van der Waals surface area (Å²) in [5.41, 5.74) is 5.45. The van der Waals surface area contributed by atoms with Crippen LogP contribution >= 0.6 is 22.7 Å². The van der Waals surface area contributed by atoms with Crippen molar-refractivity contribution in [3.8, 4) is 0 Å². The van der Waals surface area contributed by atoms with Gasteiger partial charge in [0.1, 0.15) is 0 Å². The first-order valence-corrected chi connectivity index (χ1v) is 12.7. The second-order valence-corrected chi connectivity index (χ2v) is 11.5. The van der Waals surface area contributed by atoms with Crippen molar-refractivity contribution in [1.29, 1.82) is 0 Å². The van der Waals surface area contributed by atoms with E-state index in [9.17, 15) is 0 Å². The molecule has 2 heteroatoms. The Labute approximate surface area is 194 Å². The summed E-state index contributed by atoms with van der Waals surface area (Å²) in [6.45, 7) is 8.82. The monoisotopic (exact) mass is 446 g/mol. The fourth-order valence-electron chi connectivity index (χ4n) is 5.09. The smallest absolute Gasteiger partial charge is 0.0362 e. The van der Waals surface area contributed by atoms with Gasteiger partial charge in [-0.05, 0) is 108 Å². The molecular weight excluding hydrogens is 424 g/mol. The minimum absolute atomic E-state index is 1.34. The largest absolute Gasteiger partial charge is 0.135 e. The summed E-state index contributed by atoms with van der Waals surface area (Å²) in [6.07, 6.45) is 0. The predicted molar refractivity (Wildman–Crippen MR) is 146 cm³/mol. The maximum Gasteiger partial charge on any atom is 0.0362 e. The normalized spacial score (nSPS) is 12.4. The van der Waals surface area contributed by atoms with Crippen LogP contribution < -0.4 is 0 Å². The second kappa shape index (κ2) is 6.31. The number of hydrogen-bond donors (Lipinski definition) is 0. The Kier molecular flexibility index (Phi) is 3.67. The first kappa shape index (κ1) is 18.6. The van der Waals surface area contributed by atoms with Gasteiger partial charge in [0.2, 0.25) is 0 Å². The molecule has 32 heavy (non-hydrogen) atoms. The topological polar surface area (TPSA) is 0 Å². The molecule has 7 aromatic rings. The SMILES string of the molecule is Cc1cc2cc3sc4cc5c(cc4c3cc2cc1C)sc1cc2cc(C)c(C)cc2cc15. The maximum atomic E-state index is 2.43. The van der Waals surface area contributed by atoms with E-state index in [1.165, 1.54) is 84.1 Å². The molecule has 0 bridgehead atoms. The summed E-state index contributed by atoms with van der Waals surface area (Å²) < 4.78 is 5.54. The number of benzene rings is 5. The summed E-state index contributed by atoms with van der Waals surface area (Å²) in [5.74, 6) is 0. The Balaban J connectivity index is 1.56. The lowest BCUT2D eigenvalue weighted by Gasteiger charge is -2.04. The molecule has 0 saturated carbocycles. The van der Waals surface area contributed by atoms with Crippen LogP contribution in [0, 0.1) is 27.7 Å².